The van der Waals surface area contributed by atoms with Crippen molar-refractivity contribution in [1.29, 1.82) is 0 Å². The average Bonchev–Trinajstić information content (AvgIpc) is 3.15. The Kier molecular flexibility index (Phi) is 5.99. The third kappa shape index (κ3) is 4.46. The van der Waals surface area contributed by atoms with Crippen molar-refractivity contribution in [1.82, 2.24) is 15.2 Å². The van der Waals surface area contributed by atoms with E-state index in [-0.39, 0.29) is 23.6 Å². The molecule has 0 radical (unpaired) electrons. The van der Waals surface area contributed by atoms with Gasteiger partial charge in [0.15, 0.2) is 0 Å². The van der Waals surface area contributed by atoms with Crippen molar-refractivity contribution >= 4 is 16.9 Å². The lowest BCUT2D eigenvalue weighted by atomic mass is 9.87. The lowest BCUT2D eigenvalue weighted by Crippen LogP contribution is -2.45. The van der Waals surface area contributed by atoms with Crippen LogP contribution in [0.1, 0.15) is 30.1 Å². The number of amides is 2. The number of piperidine rings is 1. The second-order valence-corrected chi connectivity index (χ2v) is 7.81. The topological polar surface area (TPSA) is 68.4 Å². The molecule has 0 aliphatic carbocycles. The standard InChI is InChI=1S/C23H25F2N3O2/c24-18-3-1-15(2-4-18)22(29)16-8-11-28(12-9-16)23(30)26-10-7-17-14-27-21-13-19(25)5-6-20(17)21/h1-6,13-14,16,22,27,29H,7-12H2,(H,26,30). The fourth-order valence-corrected chi connectivity index (χ4v) is 4.13. The van der Waals surface area contributed by atoms with Crippen LogP contribution in [0.2, 0.25) is 0 Å². The second kappa shape index (κ2) is 8.83. The number of hydrogen-bond acceptors (Lipinski definition) is 2. The molecule has 3 aromatic rings. The molecule has 2 aromatic carbocycles. The van der Waals surface area contributed by atoms with E-state index in [4.69, 9.17) is 0 Å². The van der Waals surface area contributed by atoms with E-state index >= 15 is 0 Å². The van der Waals surface area contributed by atoms with Gasteiger partial charge in [0.25, 0.3) is 0 Å². The number of halogens is 2. The Hall–Kier alpha value is -2.93. The summed E-state index contributed by atoms with van der Waals surface area (Å²) in [6.45, 7) is 1.63. The number of likely N-dealkylation sites (tertiary alicyclic amines) is 1. The van der Waals surface area contributed by atoms with Gasteiger partial charge in [-0.25, -0.2) is 13.6 Å². The van der Waals surface area contributed by atoms with Crippen molar-refractivity contribution in [3.63, 3.8) is 0 Å². The quantitative estimate of drug-likeness (QED) is 0.588. The van der Waals surface area contributed by atoms with Crippen molar-refractivity contribution in [3.05, 3.63) is 71.4 Å². The van der Waals surface area contributed by atoms with Gasteiger partial charge in [0, 0.05) is 36.7 Å². The van der Waals surface area contributed by atoms with Crippen LogP contribution in [-0.4, -0.2) is 40.7 Å². The highest BCUT2D eigenvalue weighted by Gasteiger charge is 2.28. The van der Waals surface area contributed by atoms with E-state index in [2.05, 4.69) is 10.3 Å². The summed E-state index contributed by atoms with van der Waals surface area (Å²) in [5.41, 5.74) is 2.49. The fraction of sp³-hybridized carbons (Fsp3) is 0.348. The van der Waals surface area contributed by atoms with Crippen molar-refractivity contribution < 1.29 is 18.7 Å². The van der Waals surface area contributed by atoms with Crippen molar-refractivity contribution in [3.8, 4) is 0 Å². The smallest absolute Gasteiger partial charge is 0.317 e. The molecule has 2 heterocycles. The number of urea groups is 1. The minimum Gasteiger partial charge on any atom is -0.388 e. The molecular formula is C23H25F2N3O2. The Bertz CT molecular complexity index is 1010. The minimum absolute atomic E-state index is 0.0473. The number of hydrogen-bond donors (Lipinski definition) is 3. The zero-order valence-corrected chi connectivity index (χ0v) is 16.6. The number of H-pyrrole nitrogens is 1. The Balaban J connectivity index is 1.24. The molecule has 0 bridgehead atoms. The van der Waals surface area contributed by atoms with Crippen LogP contribution in [0.3, 0.4) is 0 Å². The third-order valence-corrected chi connectivity index (χ3v) is 5.88. The molecule has 158 valence electrons. The molecule has 5 nitrogen and oxygen atoms in total. The lowest BCUT2D eigenvalue weighted by Gasteiger charge is -2.34. The summed E-state index contributed by atoms with van der Waals surface area (Å²) in [7, 11) is 0. The van der Waals surface area contributed by atoms with E-state index in [0.29, 0.717) is 44.5 Å². The number of aromatic amines is 1. The fourth-order valence-electron chi connectivity index (χ4n) is 4.13. The SMILES string of the molecule is O=C(NCCc1c[nH]c2cc(F)ccc12)N1CCC(C(O)c2ccc(F)cc2)CC1. The molecule has 1 unspecified atom stereocenters. The number of rotatable bonds is 5. The first-order chi connectivity index (χ1) is 14.5. The van der Waals surface area contributed by atoms with E-state index in [9.17, 15) is 18.7 Å². The highest BCUT2D eigenvalue weighted by atomic mass is 19.1. The van der Waals surface area contributed by atoms with Crippen LogP contribution in [-0.2, 0) is 6.42 Å². The predicted molar refractivity (Wildman–Crippen MR) is 111 cm³/mol. The van der Waals surface area contributed by atoms with Crippen LogP contribution in [0.4, 0.5) is 13.6 Å². The first kappa shape index (κ1) is 20.3. The van der Waals surface area contributed by atoms with Crippen LogP contribution >= 0.6 is 0 Å². The second-order valence-electron chi connectivity index (χ2n) is 7.81. The Morgan fingerprint density at radius 1 is 1.13 bits per heavy atom. The number of nitrogens with one attached hydrogen (secondary N) is 2. The van der Waals surface area contributed by atoms with E-state index in [1.165, 1.54) is 24.3 Å². The minimum atomic E-state index is -0.650. The molecule has 1 aliphatic heterocycles. The largest absolute Gasteiger partial charge is 0.388 e. The monoisotopic (exact) mass is 413 g/mol. The molecule has 1 aliphatic rings. The number of carbonyl (C=O) groups is 1. The Morgan fingerprint density at radius 2 is 1.83 bits per heavy atom. The number of fused-ring (bicyclic) bond motifs is 1. The van der Waals surface area contributed by atoms with E-state index in [1.807, 2.05) is 6.20 Å². The summed E-state index contributed by atoms with van der Waals surface area (Å²) < 4.78 is 26.4. The molecule has 1 aromatic heterocycles. The van der Waals surface area contributed by atoms with Crippen molar-refractivity contribution in [2.75, 3.05) is 19.6 Å². The molecule has 4 rings (SSSR count). The summed E-state index contributed by atoms with van der Waals surface area (Å²) in [6, 6.07) is 10.4. The Labute approximate surface area is 173 Å². The zero-order chi connectivity index (χ0) is 21.1. The van der Waals surface area contributed by atoms with Gasteiger partial charge in [-0.2, -0.15) is 0 Å². The number of aliphatic hydroxyl groups is 1. The van der Waals surface area contributed by atoms with E-state index in [0.717, 1.165) is 16.5 Å². The van der Waals surface area contributed by atoms with Gasteiger partial charge in [-0.05, 0) is 66.6 Å². The normalized spacial score (nSPS) is 16.0. The summed E-state index contributed by atoms with van der Waals surface area (Å²) in [4.78, 5) is 17.3. The maximum Gasteiger partial charge on any atom is 0.317 e. The Morgan fingerprint density at radius 3 is 2.57 bits per heavy atom. The molecule has 3 N–H and O–H groups in total. The summed E-state index contributed by atoms with van der Waals surface area (Å²) >= 11 is 0. The van der Waals surface area contributed by atoms with Gasteiger partial charge < -0.3 is 20.3 Å². The molecule has 1 saturated heterocycles. The highest BCUT2D eigenvalue weighted by molar-refractivity contribution is 5.83. The first-order valence-corrected chi connectivity index (χ1v) is 10.2. The molecule has 2 amide bonds. The van der Waals surface area contributed by atoms with Gasteiger partial charge in [-0.1, -0.05) is 12.1 Å². The third-order valence-electron chi connectivity index (χ3n) is 5.88. The maximum atomic E-state index is 13.3. The first-order valence-electron chi connectivity index (χ1n) is 10.2. The highest BCUT2D eigenvalue weighted by Crippen LogP contribution is 2.30. The summed E-state index contributed by atoms with van der Waals surface area (Å²) in [6.07, 6.45) is 3.23. The van der Waals surface area contributed by atoms with Crippen molar-refractivity contribution in [2.45, 2.75) is 25.4 Å². The van der Waals surface area contributed by atoms with E-state index in [1.54, 1.807) is 23.1 Å². The zero-order valence-electron chi connectivity index (χ0n) is 16.6. The maximum absolute atomic E-state index is 13.3. The summed E-state index contributed by atoms with van der Waals surface area (Å²) in [5.74, 6) is -0.555. The average molecular weight is 413 g/mol. The predicted octanol–water partition coefficient (Wildman–Crippen LogP) is 4.14. The van der Waals surface area contributed by atoms with Crippen LogP contribution in [0.25, 0.3) is 10.9 Å². The van der Waals surface area contributed by atoms with Gasteiger partial charge in [0.05, 0.1) is 6.10 Å². The molecular weight excluding hydrogens is 388 g/mol. The number of aliphatic hydroxyl groups excluding tert-OH is 1. The number of aromatic nitrogens is 1. The number of nitrogens with zero attached hydrogens (tertiary/aromatic N) is 1. The van der Waals surface area contributed by atoms with Crippen LogP contribution in [0, 0.1) is 17.6 Å². The number of carbonyl (C=O) groups excluding carboxylic acids is 1. The van der Waals surface area contributed by atoms with Crippen molar-refractivity contribution in [2.24, 2.45) is 5.92 Å². The molecule has 30 heavy (non-hydrogen) atoms. The van der Waals surface area contributed by atoms with Gasteiger partial charge in [-0.3, -0.25) is 0 Å². The lowest BCUT2D eigenvalue weighted by molar-refractivity contribution is 0.0665. The molecule has 7 heteroatoms. The van der Waals surface area contributed by atoms with Crippen LogP contribution < -0.4 is 5.32 Å². The number of benzene rings is 2. The molecule has 1 atom stereocenters. The van der Waals surface area contributed by atoms with Crippen LogP contribution in [0.5, 0.6) is 0 Å². The summed E-state index contributed by atoms with van der Waals surface area (Å²) in [5, 5.41) is 14.4. The van der Waals surface area contributed by atoms with Crippen LogP contribution in [0.15, 0.2) is 48.7 Å². The van der Waals surface area contributed by atoms with Gasteiger partial charge in [-0.15, -0.1) is 0 Å². The molecule has 0 saturated carbocycles. The van der Waals surface area contributed by atoms with E-state index < -0.39 is 6.10 Å². The molecule has 1 fully saturated rings. The van der Waals surface area contributed by atoms with Gasteiger partial charge >= 0.3 is 6.03 Å². The van der Waals surface area contributed by atoms with Gasteiger partial charge in [0.1, 0.15) is 11.6 Å². The van der Waals surface area contributed by atoms with Gasteiger partial charge in [0.2, 0.25) is 0 Å². The molecule has 0 spiro atoms.